The van der Waals surface area contributed by atoms with E-state index >= 15 is 0 Å². The predicted octanol–water partition coefficient (Wildman–Crippen LogP) is 3.07. The summed E-state index contributed by atoms with van der Waals surface area (Å²) in [5.74, 6) is 0.584. The Balaban J connectivity index is 2.08. The van der Waals surface area contributed by atoms with E-state index < -0.39 is 0 Å². The molecule has 0 fully saturated rings. The Morgan fingerprint density at radius 1 is 1.05 bits per heavy atom. The minimum absolute atomic E-state index is 0.481. The normalized spacial score (nSPS) is 11.2. The molecule has 19 heavy (non-hydrogen) atoms. The van der Waals surface area contributed by atoms with E-state index in [1.54, 1.807) is 6.20 Å². The number of nitrogens with zero attached hydrogens (tertiary/aromatic N) is 2. The molecule has 1 aromatic carbocycles. The van der Waals surface area contributed by atoms with Crippen molar-refractivity contribution in [3.63, 3.8) is 0 Å². The quantitative estimate of drug-likeness (QED) is 0.892. The first-order chi connectivity index (χ1) is 9.15. The molecule has 1 heterocycles. The van der Waals surface area contributed by atoms with Gasteiger partial charge in [0.2, 0.25) is 0 Å². The molecule has 2 N–H and O–H groups in total. The molecular formula is C16H21N3. The minimum Gasteiger partial charge on any atom is -0.384 e. The van der Waals surface area contributed by atoms with Crippen LogP contribution in [0, 0.1) is 0 Å². The van der Waals surface area contributed by atoms with Crippen molar-refractivity contribution in [3.05, 3.63) is 59.8 Å². The van der Waals surface area contributed by atoms with Gasteiger partial charge in [0, 0.05) is 25.3 Å². The second-order valence-corrected chi connectivity index (χ2v) is 5.07. The second kappa shape index (κ2) is 6.34. The zero-order chi connectivity index (χ0) is 13.7. The van der Waals surface area contributed by atoms with E-state index in [1.807, 2.05) is 18.2 Å². The molecule has 0 saturated carbocycles. The Labute approximate surface area is 115 Å². The lowest BCUT2D eigenvalue weighted by molar-refractivity contribution is 0.203. The van der Waals surface area contributed by atoms with Crippen LogP contribution in [0.3, 0.4) is 0 Å². The second-order valence-electron chi connectivity index (χ2n) is 5.07. The van der Waals surface area contributed by atoms with Crippen LogP contribution in [0.25, 0.3) is 0 Å². The largest absolute Gasteiger partial charge is 0.384 e. The Kier molecular flexibility index (Phi) is 4.53. The Morgan fingerprint density at radius 3 is 2.37 bits per heavy atom. The Bertz CT molecular complexity index is 508. The van der Waals surface area contributed by atoms with Gasteiger partial charge in [-0.05, 0) is 37.1 Å². The molecular weight excluding hydrogens is 234 g/mol. The maximum atomic E-state index is 5.73. The molecule has 2 aromatic rings. The number of pyridine rings is 1. The molecule has 1 aromatic heterocycles. The Hall–Kier alpha value is -1.87. The van der Waals surface area contributed by atoms with Crippen molar-refractivity contribution in [1.29, 1.82) is 0 Å². The van der Waals surface area contributed by atoms with Gasteiger partial charge < -0.3 is 5.73 Å². The lowest BCUT2D eigenvalue weighted by Crippen LogP contribution is -2.29. The predicted molar refractivity (Wildman–Crippen MR) is 79.5 cm³/mol. The molecule has 0 aliphatic rings. The highest BCUT2D eigenvalue weighted by atomic mass is 15.1. The van der Waals surface area contributed by atoms with Crippen LogP contribution in [0.15, 0.2) is 48.7 Å². The lowest BCUT2D eigenvalue weighted by atomic mass is 10.1. The van der Waals surface area contributed by atoms with Crippen molar-refractivity contribution >= 4 is 5.82 Å². The number of aromatic nitrogens is 1. The average molecular weight is 255 g/mol. The third-order valence-electron chi connectivity index (χ3n) is 3.19. The number of hydrogen-bond donors (Lipinski definition) is 1. The first-order valence-corrected chi connectivity index (χ1v) is 6.63. The van der Waals surface area contributed by atoms with Gasteiger partial charge in [0.05, 0.1) is 0 Å². The molecule has 0 unspecified atom stereocenters. The van der Waals surface area contributed by atoms with Crippen LogP contribution in [0.2, 0.25) is 0 Å². The number of rotatable bonds is 5. The number of nitrogens with two attached hydrogens (primary N) is 1. The van der Waals surface area contributed by atoms with E-state index in [4.69, 9.17) is 5.73 Å². The summed E-state index contributed by atoms with van der Waals surface area (Å²) >= 11 is 0. The summed E-state index contributed by atoms with van der Waals surface area (Å²) < 4.78 is 0. The molecule has 100 valence electrons. The molecule has 3 nitrogen and oxygen atoms in total. The van der Waals surface area contributed by atoms with Crippen molar-refractivity contribution in [1.82, 2.24) is 9.88 Å². The molecule has 0 aliphatic heterocycles. The number of nitrogen functional groups attached to an aromatic ring is 1. The highest BCUT2D eigenvalue weighted by Gasteiger charge is 2.11. The molecule has 2 rings (SSSR count). The number of benzene rings is 1. The summed E-state index contributed by atoms with van der Waals surface area (Å²) in [5.41, 5.74) is 8.27. The standard InChI is InChI=1S/C16H21N3/c1-13(2)19(11-14-6-4-3-5-7-14)12-15-8-9-18-16(17)10-15/h3-10,13H,11-12H2,1-2H3,(H2,17,18). The van der Waals surface area contributed by atoms with Crippen molar-refractivity contribution in [2.45, 2.75) is 33.0 Å². The van der Waals surface area contributed by atoms with Crippen molar-refractivity contribution in [3.8, 4) is 0 Å². The average Bonchev–Trinajstić information content (AvgIpc) is 2.39. The van der Waals surface area contributed by atoms with Gasteiger partial charge in [-0.25, -0.2) is 4.98 Å². The number of anilines is 1. The maximum absolute atomic E-state index is 5.73. The van der Waals surface area contributed by atoms with Crippen LogP contribution in [0.5, 0.6) is 0 Å². The molecule has 0 saturated heterocycles. The van der Waals surface area contributed by atoms with Gasteiger partial charge in [-0.2, -0.15) is 0 Å². The first-order valence-electron chi connectivity index (χ1n) is 6.63. The summed E-state index contributed by atoms with van der Waals surface area (Å²) in [6, 6.07) is 15.0. The molecule has 0 spiro atoms. The summed E-state index contributed by atoms with van der Waals surface area (Å²) in [7, 11) is 0. The Morgan fingerprint density at radius 2 is 1.74 bits per heavy atom. The molecule has 0 bridgehead atoms. The summed E-state index contributed by atoms with van der Waals surface area (Å²) in [4.78, 5) is 6.46. The van der Waals surface area contributed by atoms with E-state index in [2.05, 4.69) is 48.0 Å². The molecule has 0 atom stereocenters. The van der Waals surface area contributed by atoms with E-state index in [-0.39, 0.29) is 0 Å². The van der Waals surface area contributed by atoms with Crippen LogP contribution in [-0.2, 0) is 13.1 Å². The van der Waals surface area contributed by atoms with Gasteiger partial charge in [-0.3, -0.25) is 4.90 Å². The SMILES string of the molecule is CC(C)N(Cc1ccccc1)Cc1ccnc(N)c1. The highest BCUT2D eigenvalue weighted by molar-refractivity contribution is 5.31. The van der Waals surface area contributed by atoms with E-state index in [0.29, 0.717) is 11.9 Å². The third kappa shape index (κ3) is 4.07. The van der Waals surface area contributed by atoms with E-state index in [1.165, 1.54) is 11.1 Å². The van der Waals surface area contributed by atoms with Crippen LogP contribution in [0.4, 0.5) is 5.82 Å². The van der Waals surface area contributed by atoms with Crippen LogP contribution in [0.1, 0.15) is 25.0 Å². The zero-order valence-electron chi connectivity index (χ0n) is 11.6. The topological polar surface area (TPSA) is 42.2 Å². The van der Waals surface area contributed by atoms with Gasteiger partial charge in [0.1, 0.15) is 5.82 Å². The van der Waals surface area contributed by atoms with Gasteiger partial charge >= 0.3 is 0 Å². The smallest absolute Gasteiger partial charge is 0.123 e. The van der Waals surface area contributed by atoms with Crippen molar-refractivity contribution in [2.75, 3.05) is 5.73 Å². The maximum Gasteiger partial charge on any atom is 0.123 e. The highest BCUT2D eigenvalue weighted by Crippen LogP contribution is 2.13. The fourth-order valence-electron chi connectivity index (χ4n) is 2.07. The molecule has 3 heteroatoms. The zero-order valence-corrected chi connectivity index (χ0v) is 11.6. The summed E-state index contributed by atoms with van der Waals surface area (Å²) in [6.07, 6.45) is 1.77. The van der Waals surface area contributed by atoms with E-state index in [0.717, 1.165) is 13.1 Å². The first kappa shape index (κ1) is 13.6. The lowest BCUT2D eigenvalue weighted by Gasteiger charge is -2.26. The molecule has 0 aliphatic carbocycles. The van der Waals surface area contributed by atoms with Gasteiger partial charge in [0.25, 0.3) is 0 Å². The monoisotopic (exact) mass is 255 g/mol. The minimum atomic E-state index is 0.481. The van der Waals surface area contributed by atoms with Crippen molar-refractivity contribution in [2.24, 2.45) is 0 Å². The summed E-state index contributed by atoms with van der Waals surface area (Å²) in [6.45, 7) is 6.26. The fourth-order valence-corrected chi connectivity index (χ4v) is 2.07. The molecule has 0 amide bonds. The number of hydrogen-bond acceptors (Lipinski definition) is 3. The van der Waals surface area contributed by atoms with Crippen LogP contribution < -0.4 is 5.73 Å². The van der Waals surface area contributed by atoms with Crippen molar-refractivity contribution < 1.29 is 0 Å². The van der Waals surface area contributed by atoms with Gasteiger partial charge in [-0.15, -0.1) is 0 Å². The fraction of sp³-hybridized carbons (Fsp3) is 0.312. The van der Waals surface area contributed by atoms with Crippen LogP contribution in [-0.4, -0.2) is 15.9 Å². The van der Waals surface area contributed by atoms with E-state index in [9.17, 15) is 0 Å². The molecule has 0 radical (unpaired) electrons. The van der Waals surface area contributed by atoms with Crippen LogP contribution >= 0.6 is 0 Å². The van der Waals surface area contributed by atoms with Gasteiger partial charge in [-0.1, -0.05) is 30.3 Å². The van der Waals surface area contributed by atoms with Gasteiger partial charge in [0.15, 0.2) is 0 Å². The third-order valence-corrected chi connectivity index (χ3v) is 3.19. The summed E-state index contributed by atoms with van der Waals surface area (Å²) in [5, 5.41) is 0.